The lowest BCUT2D eigenvalue weighted by Gasteiger charge is -2.17. The van der Waals surface area contributed by atoms with Crippen molar-refractivity contribution in [2.45, 2.75) is 25.9 Å². The predicted octanol–water partition coefficient (Wildman–Crippen LogP) is 6.17. The van der Waals surface area contributed by atoms with Gasteiger partial charge < -0.3 is 5.32 Å². The van der Waals surface area contributed by atoms with Crippen LogP contribution in [0.1, 0.15) is 29.8 Å². The van der Waals surface area contributed by atoms with Crippen molar-refractivity contribution in [1.82, 2.24) is 5.32 Å². The van der Waals surface area contributed by atoms with Crippen LogP contribution in [0.15, 0.2) is 39.3 Å². The van der Waals surface area contributed by atoms with Crippen molar-refractivity contribution in [3.8, 4) is 0 Å². The number of halogens is 3. The third-order valence-electron chi connectivity index (χ3n) is 2.90. The van der Waals surface area contributed by atoms with E-state index in [1.807, 2.05) is 0 Å². The SMILES string of the molecule is CCC(NCc1cc(Br)c(Cl)s1)c1ccc(Br)cc1. The molecule has 1 nitrogen and oxygen atoms in total. The van der Waals surface area contributed by atoms with Gasteiger partial charge in [0.2, 0.25) is 0 Å². The zero-order chi connectivity index (χ0) is 13.8. The van der Waals surface area contributed by atoms with Crippen LogP contribution in [0.2, 0.25) is 4.34 Å². The second-order valence-electron chi connectivity index (χ2n) is 4.23. The molecule has 0 bridgehead atoms. The maximum absolute atomic E-state index is 6.05. The number of benzene rings is 1. The number of rotatable bonds is 5. The molecule has 0 saturated carbocycles. The van der Waals surface area contributed by atoms with Crippen LogP contribution in [-0.4, -0.2) is 0 Å². The predicted molar refractivity (Wildman–Crippen MR) is 91.0 cm³/mol. The lowest BCUT2D eigenvalue weighted by molar-refractivity contribution is 0.522. The third-order valence-corrected chi connectivity index (χ3v) is 5.90. The van der Waals surface area contributed by atoms with Crippen molar-refractivity contribution in [2.75, 3.05) is 0 Å². The summed E-state index contributed by atoms with van der Waals surface area (Å²) in [4.78, 5) is 1.24. The molecule has 0 amide bonds. The summed E-state index contributed by atoms with van der Waals surface area (Å²) in [6, 6.07) is 10.9. The third kappa shape index (κ3) is 4.30. The van der Waals surface area contributed by atoms with E-state index in [4.69, 9.17) is 11.6 Å². The van der Waals surface area contributed by atoms with Crippen LogP contribution in [0, 0.1) is 0 Å². The first-order chi connectivity index (χ1) is 9.10. The Morgan fingerprint density at radius 1 is 1.26 bits per heavy atom. The summed E-state index contributed by atoms with van der Waals surface area (Å²) in [6.45, 7) is 3.03. The molecule has 1 aromatic carbocycles. The Morgan fingerprint density at radius 2 is 1.95 bits per heavy atom. The Hall–Kier alpha value is 0.130. The Labute approximate surface area is 139 Å². The molecule has 0 radical (unpaired) electrons. The van der Waals surface area contributed by atoms with Crippen LogP contribution in [0.4, 0.5) is 0 Å². The Balaban J connectivity index is 2.01. The van der Waals surface area contributed by atoms with E-state index in [-0.39, 0.29) is 0 Å². The van der Waals surface area contributed by atoms with Crippen molar-refractivity contribution in [3.63, 3.8) is 0 Å². The molecule has 19 heavy (non-hydrogen) atoms. The van der Waals surface area contributed by atoms with Gasteiger partial charge in [-0.2, -0.15) is 0 Å². The summed E-state index contributed by atoms with van der Waals surface area (Å²) >= 11 is 14.6. The highest BCUT2D eigenvalue weighted by Gasteiger charge is 2.10. The van der Waals surface area contributed by atoms with Crippen LogP contribution in [0.3, 0.4) is 0 Å². The Bertz CT molecular complexity index is 519. The first-order valence-corrected chi connectivity index (χ1v) is 8.80. The molecule has 1 unspecified atom stereocenters. The molecule has 2 rings (SSSR count). The van der Waals surface area contributed by atoms with Crippen LogP contribution in [0.25, 0.3) is 0 Å². The maximum atomic E-state index is 6.05. The first kappa shape index (κ1) is 15.5. The van der Waals surface area contributed by atoms with Gasteiger partial charge in [-0.15, -0.1) is 11.3 Å². The van der Waals surface area contributed by atoms with E-state index < -0.39 is 0 Å². The largest absolute Gasteiger partial charge is 0.305 e. The molecular weight excluding hydrogens is 409 g/mol. The molecule has 0 spiro atoms. The van der Waals surface area contributed by atoms with E-state index in [1.165, 1.54) is 10.4 Å². The topological polar surface area (TPSA) is 12.0 Å². The standard InChI is InChI=1S/C14H14Br2ClNS/c1-2-13(9-3-5-10(15)6-4-9)18-8-11-7-12(16)14(17)19-11/h3-7,13,18H,2,8H2,1H3. The maximum Gasteiger partial charge on any atom is 0.107 e. The highest BCUT2D eigenvalue weighted by atomic mass is 79.9. The number of nitrogens with one attached hydrogen (secondary N) is 1. The van der Waals surface area contributed by atoms with Crippen molar-refractivity contribution >= 4 is 54.8 Å². The van der Waals surface area contributed by atoms with Gasteiger partial charge in [-0.1, -0.05) is 46.6 Å². The molecule has 0 fully saturated rings. The Morgan fingerprint density at radius 3 is 2.47 bits per heavy atom. The van der Waals surface area contributed by atoms with Crippen molar-refractivity contribution in [3.05, 3.63) is 54.1 Å². The van der Waals surface area contributed by atoms with Crippen LogP contribution >= 0.6 is 54.8 Å². The lowest BCUT2D eigenvalue weighted by atomic mass is 10.0. The van der Waals surface area contributed by atoms with Crippen LogP contribution < -0.4 is 5.32 Å². The van der Waals surface area contributed by atoms with Crippen LogP contribution in [0.5, 0.6) is 0 Å². The fraction of sp³-hybridized carbons (Fsp3) is 0.286. The van der Waals surface area contributed by atoms with E-state index in [2.05, 4.69) is 74.4 Å². The lowest BCUT2D eigenvalue weighted by Crippen LogP contribution is -2.19. The van der Waals surface area contributed by atoms with E-state index in [0.29, 0.717) is 6.04 Å². The fourth-order valence-corrected chi connectivity index (χ4v) is 3.90. The minimum absolute atomic E-state index is 0.368. The number of hydrogen-bond donors (Lipinski definition) is 1. The normalized spacial score (nSPS) is 12.6. The highest BCUT2D eigenvalue weighted by molar-refractivity contribution is 9.10. The first-order valence-electron chi connectivity index (χ1n) is 6.02. The van der Waals surface area contributed by atoms with Gasteiger partial charge >= 0.3 is 0 Å². The van der Waals surface area contributed by atoms with Gasteiger partial charge in [0.05, 0.1) is 0 Å². The minimum atomic E-state index is 0.368. The van der Waals surface area contributed by atoms with E-state index in [1.54, 1.807) is 11.3 Å². The van der Waals surface area contributed by atoms with Crippen LogP contribution in [-0.2, 0) is 6.54 Å². The van der Waals surface area contributed by atoms with Gasteiger partial charge in [-0.05, 0) is 46.1 Å². The van der Waals surface area contributed by atoms with Gasteiger partial charge in [-0.25, -0.2) is 0 Å². The second kappa shape index (κ2) is 7.23. The van der Waals surface area contributed by atoms with Gasteiger partial charge in [-0.3, -0.25) is 0 Å². The number of thiophene rings is 1. The quantitative estimate of drug-likeness (QED) is 0.607. The summed E-state index contributed by atoms with van der Waals surface area (Å²) in [5.74, 6) is 0. The zero-order valence-corrected chi connectivity index (χ0v) is 15.2. The smallest absolute Gasteiger partial charge is 0.107 e. The molecule has 2 aromatic rings. The Kier molecular flexibility index (Phi) is 5.90. The minimum Gasteiger partial charge on any atom is -0.305 e. The van der Waals surface area contributed by atoms with Crippen molar-refractivity contribution in [1.29, 1.82) is 0 Å². The average molecular weight is 424 g/mol. The second-order valence-corrected chi connectivity index (χ2v) is 7.74. The molecule has 102 valence electrons. The molecule has 1 heterocycles. The van der Waals surface area contributed by atoms with Gasteiger partial charge in [0.25, 0.3) is 0 Å². The molecule has 1 atom stereocenters. The molecule has 0 aliphatic rings. The molecule has 1 N–H and O–H groups in total. The van der Waals surface area contributed by atoms with E-state index in [0.717, 1.165) is 26.2 Å². The summed E-state index contributed by atoms with van der Waals surface area (Å²) < 4.78 is 2.90. The van der Waals surface area contributed by atoms with E-state index in [9.17, 15) is 0 Å². The summed E-state index contributed by atoms with van der Waals surface area (Å²) in [5.41, 5.74) is 1.31. The summed E-state index contributed by atoms with van der Waals surface area (Å²) in [7, 11) is 0. The molecule has 0 aliphatic heterocycles. The number of hydrogen-bond acceptors (Lipinski definition) is 2. The highest BCUT2D eigenvalue weighted by Crippen LogP contribution is 2.32. The molecule has 5 heteroatoms. The molecular formula is C14H14Br2ClNS. The van der Waals surface area contributed by atoms with Crippen molar-refractivity contribution in [2.24, 2.45) is 0 Å². The monoisotopic (exact) mass is 421 g/mol. The van der Waals surface area contributed by atoms with Crippen molar-refractivity contribution < 1.29 is 0 Å². The fourth-order valence-electron chi connectivity index (χ4n) is 1.90. The molecule has 0 aliphatic carbocycles. The molecule has 1 aromatic heterocycles. The summed E-state index contributed by atoms with van der Waals surface area (Å²) in [6.07, 6.45) is 1.06. The van der Waals surface area contributed by atoms with Gasteiger partial charge in [0, 0.05) is 26.4 Å². The summed E-state index contributed by atoms with van der Waals surface area (Å²) in [5, 5.41) is 3.58. The average Bonchev–Trinajstić information content (AvgIpc) is 2.71. The van der Waals surface area contributed by atoms with Gasteiger partial charge in [0.1, 0.15) is 4.34 Å². The van der Waals surface area contributed by atoms with Gasteiger partial charge in [0.15, 0.2) is 0 Å². The van der Waals surface area contributed by atoms with E-state index >= 15 is 0 Å². The molecule has 0 saturated heterocycles. The zero-order valence-electron chi connectivity index (χ0n) is 10.4.